The Kier molecular flexibility index (Phi) is 3.48. The Balaban J connectivity index is 2.64. The van der Waals surface area contributed by atoms with Crippen molar-refractivity contribution in [3.8, 4) is 16.2 Å². The molecule has 4 nitrogen and oxygen atoms in total. The Bertz CT molecular complexity index is 646. The molecule has 2 aromatic rings. The molecule has 0 aliphatic heterocycles. The number of carboxylic acid groups (broad SMARTS) is 1. The highest BCUT2D eigenvalue weighted by Gasteiger charge is 2.17. The molecule has 0 saturated heterocycles. The van der Waals surface area contributed by atoms with Crippen molar-refractivity contribution in [1.82, 2.24) is 0 Å². The zero-order chi connectivity index (χ0) is 14.2. The lowest BCUT2D eigenvalue weighted by Gasteiger charge is -2.11. The van der Waals surface area contributed by atoms with Crippen LogP contribution in [0.5, 0.6) is 5.75 Å². The van der Waals surface area contributed by atoms with Crippen molar-refractivity contribution in [1.29, 1.82) is 0 Å². The summed E-state index contributed by atoms with van der Waals surface area (Å²) >= 11 is 1.26. The summed E-state index contributed by atoms with van der Waals surface area (Å²) in [5.41, 5.74) is 8.87. The molecule has 3 N–H and O–H groups in total. The number of nitrogens with two attached hydrogens (primary N) is 1. The summed E-state index contributed by atoms with van der Waals surface area (Å²) in [4.78, 5) is 11.9. The summed E-state index contributed by atoms with van der Waals surface area (Å²) in [6, 6.07) is 5.60. The maximum atomic E-state index is 11.1. The Labute approximate surface area is 115 Å². The van der Waals surface area contributed by atoms with E-state index in [1.54, 1.807) is 13.2 Å². The van der Waals surface area contributed by atoms with Gasteiger partial charge in [0.1, 0.15) is 10.8 Å². The van der Waals surface area contributed by atoms with Gasteiger partial charge in [-0.2, -0.15) is 0 Å². The predicted molar refractivity (Wildman–Crippen MR) is 77.2 cm³/mol. The number of carbonyl (C=O) groups is 1. The van der Waals surface area contributed by atoms with Gasteiger partial charge in [-0.25, -0.2) is 4.79 Å². The highest BCUT2D eigenvalue weighted by atomic mass is 32.1. The molecular weight excluding hydrogens is 262 g/mol. The molecule has 0 bridgehead atoms. The highest BCUT2D eigenvalue weighted by molar-refractivity contribution is 7.19. The average Bonchev–Trinajstić information content (AvgIpc) is 2.70. The van der Waals surface area contributed by atoms with Gasteiger partial charge in [0.05, 0.1) is 12.7 Å². The first-order valence-corrected chi connectivity index (χ1v) is 6.54. The third kappa shape index (κ3) is 2.42. The molecule has 0 atom stereocenters. The third-order valence-electron chi connectivity index (χ3n) is 2.88. The summed E-state index contributed by atoms with van der Waals surface area (Å²) in [7, 11) is 1.61. The molecule has 0 unspecified atom stereocenters. The molecule has 0 radical (unpaired) electrons. The summed E-state index contributed by atoms with van der Waals surface area (Å²) in [6.07, 6.45) is 0. The molecule has 2 rings (SSSR count). The smallest absolute Gasteiger partial charge is 0.338 e. The van der Waals surface area contributed by atoms with Crippen LogP contribution in [0.25, 0.3) is 10.4 Å². The monoisotopic (exact) mass is 277 g/mol. The van der Waals surface area contributed by atoms with Crippen LogP contribution in [0.4, 0.5) is 5.00 Å². The highest BCUT2D eigenvalue weighted by Crippen LogP contribution is 2.40. The number of rotatable bonds is 3. The number of ether oxygens (including phenoxy) is 1. The first kappa shape index (κ1) is 13.4. The summed E-state index contributed by atoms with van der Waals surface area (Å²) in [5.74, 6) is -0.257. The topological polar surface area (TPSA) is 72.5 Å². The van der Waals surface area contributed by atoms with Gasteiger partial charge in [-0.3, -0.25) is 0 Å². The fourth-order valence-corrected chi connectivity index (χ4v) is 3.04. The summed E-state index contributed by atoms with van der Waals surface area (Å²) in [5, 5.41) is 9.37. The van der Waals surface area contributed by atoms with Gasteiger partial charge in [0.2, 0.25) is 0 Å². The molecule has 1 aromatic carbocycles. The molecule has 0 aliphatic carbocycles. The summed E-state index contributed by atoms with van der Waals surface area (Å²) < 4.78 is 5.41. The quantitative estimate of drug-likeness (QED) is 0.902. The lowest BCUT2D eigenvalue weighted by Crippen LogP contribution is -1.97. The number of carboxylic acids is 1. The van der Waals surface area contributed by atoms with E-state index in [9.17, 15) is 4.79 Å². The Hall–Kier alpha value is -2.01. The molecule has 100 valence electrons. The second-order valence-corrected chi connectivity index (χ2v) is 5.44. The van der Waals surface area contributed by atoms with Gasteiger partial charge >= 0.3 is 5.97 Å². The van der Waals surface area contributed by atoms with E-state index in [4.69, 9.17) is 15.6 Å². The van der Waals surface area contributed by atoms with Crippen LogP contribution in [0.2, 0.25) is 0 Å². The normalized spacial score (nSPS) is 10.5. The van der Waals surface area contributed by atoms with Gasteiger partial charge < -0.3 is 15.6 Å². The standard InChI is InChI=1S/C14H15NO3S/c1-7-4-8(2)12(18-3)9(5-7)11-6-10(14(16)17)13(15)19-11/h4-6H,15H2,1-3H3,(H,16,17). The maximum Gasteiger partial charge on any atom is 0.338 e. The van der Waals surface area contributed by atoms with E-state index in [0.717, 1.165) is 27.3 Å². The van der Waals surface area contributed by atoms with Crippen molar-refractivity contribution in [2.75, 3.05) is 12.8 Å². The number of thiophene rings is 1. The molecule has 0 amide bonds. The molecule has 0 spiro atoms. The van der Waals surface area contributed by atoms with Crippen LogP contribution >= 0.6 is 11.3 Å². The van der Waals surface area contributed by atoms with Crippen LogP contribution < -0.4 is 10.5 Å². The van der Waals surface area contributed by atoms with Gasteiger partial charge in [0.15, 0.2) is 0 Å². The molecule has 5 heteroatoms. The van der Waals surface area contributed by atoms with Gasteiger partial charge in [0, 0.05) is 10.4 Å². The number of nitrogen functional groups attached to an aromatic ring is 1. The SMILES string of the molecule is COc1c(C)cc(C)cc1-c1cc(C(=O)O)c(N)s1. The second kappa shape index (κ2) is 4.93. The molecular formula is C14H15NO3S. The molecule has 1 aromatic heterocycles. The lowest BCUT2D eigenvalue weighted by molar-refractivity contribution is 0.0698. The number of aromatic carboxylic acids is 1. The first-order chi connectivity index (χ1) is 8.93. The van der Waals surface area contributed by atoms with E-state index >= 15 is 0 Å². The second-order valence-electron chi connectivity index (χ2n) is 4.36. The van der Waals surface area contributed by atoms with Crippen LogP contribution in [-0.4, -0.2) is 18.2 Å². The summed E-state index contributed by atoms with van der Waals surface area (Å²) in [6.45, 7) is 3.95. The van der Waals surface area contributed by atoms with Gasteiger partial charge in [-0.15, -0.1) is 11.3 Å². The Morgan fingerprint density at radius 2 is 2.00 bits per heavy atom. The molecule has 1 heterocycles. The molecule has 0 aliphatic rings. The van der Waals surface area contributed by atoms with Crippen molar-refractivity contribution in [3.05, 3.63) is 34.9 Å². The molecule has 19 heavy (non-hydrogen) atoms. The van der Waals surface area contributed by atoms with Crippen molar-refractivity contribution < 1.29 is 14.6 Å². The van der Waals surface area contributed by atoms with E-state index in [1.165, 1.54) is 11.3 Å². The molecule has 0 fully saturated rings. The van der Waals surface area contributed by atoms with Crippen LogP contribution in [0.15, 0.2) is 18.2 Å². The van der Waals surface area contributed by atoms with Crippen molar-refractivity contribution in [3.63, 3.8) is 0 Å². The van der Waals surface area contributed by atoms with Crippen molar-refractivity contribution >= 4 is 22.3 Å². The number of anilines is 1. The number of hydrogen-bond donors (Lipinski definition) is 2. The van der Waals surface area contributed by atoms with E-state index in [-0.39, 0.29) is 5.56 Å². The van der Waals surface area contributed by atoms with Gasteiger partial charge in [0.25, 0.3) is 0 Å². The minimum absolute atomic E-state index is 0.140. The third-order valence-corrected chi connectivity index (χ3v) is 3.88. The van der Waals surface area contributed by atoms with E-state index < -0.39 is 5.97 Å². The van der Waals surface area contributed by atoms with Crippen LogP contribution in [0.1, 0.15) is 21.5 Å². The Morgan fingerprint density at radius 3 is 2.53 bits per heavy atom. The molecule has 0 saturated carbocycles. The Morgan fingerprint density at radius 1 is 1.32 bits per heavy atom. The van der Waals surface area contributed by atoms with Crippen molar-refractivity contribution in [2.24, 2.45) is 0 Å². The first-order valence-electron chi connectivity index (χ1n) is 5.72. The van der Waals surface area contributed by atoms with Crippen LogP contribution in [0.3, 0.4) is 0 Å². The van der Waals surface area contributed by atoms with Crippen LogP contribution in [0, 0.1) is 13.8 Å². The van der Waals surface area contributed by atoms with Gasteiger partial charge in [-0.1, -0.05) is 6.07 Å². The number of hydrogen-bond acceptors (Lipinski definition) is 4. The largest absolute Gasteiger partial charge is 0.496 e. The average molecular weight is 277 g/mol. The zero-order valence-corrected chi connectivity index (χ0v) is 11.8. The maximum absolute atomic E-state index is 11.1. The predicted octanol–water partition coefficient (Wildman–Crippen LogP) is 3.32. The minimum Gasteiger partial charge on any atom is -0.496 e. The van der Waals surface area contributed by atoms with Crippen LogP contribution in [-0.2, 0) is 0 Å². The van der Waals surface area contributed by atoms with E-state index in [0.29, 0.717) is 5.00 Å². The minimum atomic E-state index is -1.01. The number of methoxy groups -OCH3 is 1. The zero-order valence-electron chi connectivity index (χ0n) is 11.0. The fourth-order valence-electron chi connectivity index (χ4n) is 2.11. The van der Waals surface area contributed by atoms with E-state index in [1.807, 2.05) is 26.0 Å². The number of benzene rings is 1. The van der Waals surface area contributed by atoms with E-state index in [2.05, 4.69) is 0 Å². The van der Waals surface area contributed by atoms with Gasteiger partial charge in [-0.05, 0) is 37.1 Å². The fraction of sp³-hybridized carbons (Fsp3) is 0.214. The van der Waals surface area contributed by atoms with Crippen molar-refractivity contribution in [2.45, 2.75) is 13.8 Å². The lowest BCUT2D eigenvalue weighted by atomic mass is 10.0. The number of aryl methyl sites for hydroxylation is 2.